The summed E-state index contributed by atoms with van der Waals surface area (Å²) >= 11 is 0. The third kappa shape index (κ3) is 4.13. The van der Waals surface area contributed by atoms with Crippen molar-refractivity contribution in [3.8, 4) is 5.82 Å². The fourth-order valence-electron chi connectivity index (χ4n) is 7.08. The van der Waals surface area contributed by atoms with Crippen LogP contribution >= 0.6 is 0 Å². The molecule has 0 bridgehead atoms. The van der Waals surface area contributed by atoms with Crippen LogP contribution in [0.1, 0.15) is 59.4 Å². The fraction of sp³-hybridized carbons (Fsp3) is 0.517. The van der Waals surface area contributed by atoms with Gasteiger partial charge in [-0.3, -0.25) is 4.79 Å². The van der Waals surface area contributed by atoms with Crippen LogP contribution in [0.4, 0.5) is 0 Å². The highest BCUT2D eigenvalue weighted by molar-refractivity contribution is 5.96. The molecule has 6 rings (SSSR count). The Morgan fingerprint density at radius 2 is 1.69 bits per heavy atom. The van der Waals surface area contributed by atoms with E-state index in [0.29, 0.717) is 28.6 Å². The van der Waals surface area contributed by atoms with Gasteiger partial charge in [0.1, 0.15) is 0 Å². The maximum atomic E-state index is 13.6. The van der Waals surface area contributed by atoms with E-state index in [2.05, 4.69) is 55.4 Å². The molecule has 0 spiro atoms. The standard InChI is InChI=1S/C29H36N6O/c1-21-27(22(2)35(32-21)26-11-8-15-30-31-26)28(36)34-19-23-17-33(18-24(23)20-34)16-14-29(12-6-7-13-29)25-9-4-3-5-10-25/h3-5,8-11,15,23-24H,6-7,12-14,16-20H2,1-2H3. The van der Waals surface area contributed by atoms with E-state index in [1.165, 1.54) is 44.2 Å². The Morgan fingerprint density at radius 3 is 2.36 bits per heavy atom. The van der Waals surface area contributed by atoms with Gasteiger partial charge in [0.25, 0.3) is 5.91 Å². The first-order valence-corrected chi connectivity index (χ1v) is 13.5. The number of aromatic nitrogens is 4. The van der Waals surface area contributed by atoms with Gasteiger partial charge in [-0.15, -0.1) is 5.10 Å². The normalized spacial score (nSPS) is 23.3. The number of fused-ring (bicyclic) bond motifs is 1. The number of benzene rings is 1. The molecule has 3 fully saturated rings. The topological polar surface area (TPSA) is 67.2 Å². The monoisotopic (exact) mass is 484 g/mol. The predicted octanol–water partition coefficient (Wildman–Crippen LogP) is 4.19. The van der Waals surface area contributed by atoms with Crippen LogP contribution in [0.3, 0.4) is 0 Å². The molecule has 188 valence electrons. The number of carbonyl (C=O) groups is 1. The molecule has 1 saturated carbocycles. The van der Waals surface area contributed by atoms with Gasteiger partial charge in [0.15, 0.2) is 5.82 Å². The molecule has 7 heteroatoms. The van der Waals surface area contributed by atoms with Gasteiger partial charge in [-0.25, -0.2) is 4.68 Å². The van der Waals surface area contributed by atoms with E-state index in [1.807, 2.05) is 26.0 Å². The first kappa shape index (κ1) is 23.3. The molecule has 7 nitrogen and oxygen atoms in total. The summed E-state index contributed by atoms with van der Waals surface area (Å²) in [6.45, 7) is 8.94. The molecule has 1 aromatic carbocycles. The average Bonchev–Trinajstić information content (AvgIpc) is 3.67. The predicted molar refractivity (Wildman–Crippen MR) is 139 cm³/mol. The van der Waals surface area contributed by atoms with E-state index < -0.39 is 0 Å². The number of amides is 1. The molecule has 2 atom stereocenters. The lowest BCUT2D eigenvalue weighted by molar-refractivity contribution is 0.0772. The molecule has 1 aliphatic carbocycles. The first-order chi connectivity index (χ1) is 17.5. The Morgan fingerprint density at radius 1 is 0.972 bits per heavy atom. The Kier molecular flexibility index (Phi) is 6.12. The first-order valence-electron chi connectivity index (χ1n) is 13.5. The number of carbonyl (C=O) groups excluding carboxylic acids is 1. The summed E-state index contributed by atoms with van der Waals surface area (Å²) in [7, 11) is 0. The number of rotatable bonds is 6. The molecule has 2 saturated heterocycles. The molecule has 3 aromatic rings. The van der Waals surface area contributed by atoms with Crippen LogP contribution in [0.15, 0.2) is 48.7 Å². The molecular formula is C29H36N6O. The highest BCUT2D eigenvalue weighted by Crippen LogP contribution is 2.44. The maximum Gasteiger partial charge on any atom is 0.257 e. The van der Waals surface area contributed by atoms with Gasteiger partial charge < -0.3 is 9.80 Å². The zero-order chi connectivity index (χ0) is 24.7. The summed E-state index contributed by atoms with van der Waals surface area (Å²) in [5.41, 5.74) is 4.19. The van der Waals surface area contributed by atoms with Gasteiger partial charge in [-0.05, 0) is 74.6 Å². The third-order valence-corrected chi connectivity index (χ3v) is 8.98. The van der Waals surface area contributed by atoms with Crippen LogP contribution in [-0.4, -0.2) is 68.4 Å². The molecule has 36 heavy (non-hydrogen) atoms. The van der Waals surface area contributed by atoms with Crippen LogP contribution in [0, 0.1) is 25.7 Å². The van der Waals surface area contributed by atoms with Crippen molar-refractivity contribution >= 4 is 5.91 Å². The molecular weight excluding hydrogens is 448 g/mol. The minimum Gasteiger partial charge on any atom is -0.338 e. The van der Waals surface area contributed by atoms with Gasteiger partial charge in [-0.1, -0.05) is 43.2 Å². The lowest BCUT2D eigenvalue weighted by atomic mass is 9.76. The van der Waals surface area contributed by atoms with E-state index in [0.717, 1.165) is 37.6 Å². The second-order valence-electron chi connectivity index (χ2n) is 11.1. The molecule has 3 aliphatic rings. The summed E-state index contributed by atoms with van der Waals surface area (Å²) in [6.07, 6.45) is 8.23. The lowest BCUT2D eigenvalue weighted by Gasteiger charge is -2.32. The van der Waals surface area contributed by atoms with Gasteiger partial charge in [0.2, 0.25) is 0 Å². The van der Waals surface area contributed by atoms with Gasteiger partial charge in [-0.2, -0.15) is 10.2 Å². The highest BCUT2D eigenvalue weighted by Gasteiger charge is 2.43. The Labute approximate surface area is 213 Å². The van der Waals surface area contributed by atoms with Gasteiger partial charge in [0.05, 0.1) is 17.0 Å². The summed E-state index contributed by atoms with van der Waals surface area (Å²) in [6, 6.07) is 14.9. The minimum absolute atomic E-state index is 0.107. The number of nitrogens with zero attached hydrogens (tertiary/aromatic N) is 6. The quantitative estimate of drug-likeness (QED) is 0.525. The molecule has 4 heterocycles. The molecule has 2 aromatic heterocycles. The summed E-state index contributed by atoms with van der Waals surface area (Å²) in [5.74, 6) is 1.89. The summed E-state index contributed by atoms with van der Waals surface area (Å²) in [5, 5.41) is 12.7. The molecule has 0 N–H and O–H groups in total. The van der Waals surface area contributed by atoms with Gasteiger partial charge >= 0.3 is 0 Å². The van der Waals surface area contributed by atoms with Crippen molar-refractivity contribution < 1.29 is 4.79 Å². The van der Waals surface area contributed by atoms with Crippen molar-refractivity contribution in [2.24, 2.45) is 11.8 Å². The summed E-state index contributed by atoms with van der Waals surface area (Å²) in [4.78, 5) is 18.3. The smallest absolute Gasteiger partial charge is 0.257 e. The maximum absolute atomic E-state index is 13.6. The van der Waals surface area contributed by atoms with Crippen LogP contribution in [-0.2, 0) is 5.41 Å². The number of aryl methyl sites for hydroxylation is 1. The zero-order valence-corrected chi connectivity index (χ0v) is 21.4. The zero-order valence-electron chi connectivity index (χ0n) is 21.4. The van der Waals surface area contributed by atoms with E-state index in [-0.39, 0.29) is 5.91 Å². The number of hydrogen-bond donors (Lipinski definition) is 0. The van der Waals surface area contributed by atoms with Crippen molar-refractivity contribution in [1.29, 1.82) is 0 Å². The van der Waals surface area contributed by atoms with Crippen molar-refractivity contribution in [1.82, 2.24) is 29.8 Å². The Hall–Kier alpha value is -3.06. The van der Waals surface area contributed by atoms with Crippen molar-refractivity contribution in [3.05, 3.63) is 71.2 Å². The van der Waals surface area contributed by atoms with E-state index >= 15 is 0 Å². The highest BCUT2D eigenvalue weighted by atomic mass is 16.2. The Balaban J connectivity index is 1.09. The molecule has 2 aliphatic heterocycles. The third-order valence-electron chi connectivity index (χ3n) is 8.98. The van der Waals surface area contributed by atoms with E-state index in [9.17, 15) is 4.79 Å². The van der Waals surface area contributed by atoms with Crippen LogP contribution in [0.25, 0.3) is 5.82 Å². The SMILES string of the molecule is Cc1nn(-c2cccnn2)c(C)c1C(=O)N1CC2CN(CCC3(c4ccccc4)CCCC3)CC2C1. The average molecular weight is 485 g/mol. The number of likely N-dealkylation sites (tertiary alicyclic amines) is 2. The molecule has 0 radical (unpaired) electrons. The second kappa shape index (κ2) is 9.43. The minimum atomic E-state index is 0.107. The van der Waals surface area contributed by atoms with Crippen molar-refractivity contribution in [2.75, 3.05) is 32.7 Å². The fourth-order valence-corrected chi connectivity index (χ4v) is 7.08. The summed E-state index contributed by atoms with van der Waals surface area (Å²) < 4.78 is 1.74. The number of hydrogen-bond acceptors (Lipinski definition) is 5. The van der Waals surface area contributed by atoms with Crippen LogP contribution < -0.4 is 0 Å². The van der Waals surface area contributed by atoms with Crippen molar-refractivity contribution in [2.45, 2.75) is 51.4 Å². The van der Waals surface area contributed by atoms with Crippen LogP contribution in [0.5, 0.6) is 0 Å². The van der Waals surface area contributed by atoms with Crippen molar-refractivity contribution in [3.63, 3.8) is 0 Å². The molecule has 1 amide bonds. The van der Waals surface area contributed by atoms with E-state index in [4.69, 9.17) is 0 Å². The lowest BCUT2D eigenvalue weighted by Crippen LogP contribution is -2.35. The second-order valence-corrected chi connectivity index (χ2v) is 11.1. The van der Waals surface area contributed by atoms with Crippen LogP contribution in [0.2, 0.25) is 0 Å². The Bertz CT molecular complexity index is 1200. The van der Waals surface area contributed by atoms with E-state index in [1.54, 1.807) is 10.9 Å². The largest absolute Gasteiger partial charge is 0.338 e. The molecule has 2 unspecified atom stereocenters. The van der Waals surface area contributed by atoms with Gasteiger partial charge in [0, 0.05) is 32.4 Å².